The van der Waals surface area contributed by atoms with Crippen LogP contribution in [0, 0.1) is 17.3 Å². The predicted octanol–water partition coefficient (Wildman–Crippen LogP) is 3.23. The molecule has 5 aliphatic rings. The van der Waals surface area contributed by atoms with E-state index in [1.165, 1.54) is 0 Å². The maximum Gasteiger partial charge on any atom is 0.312 e. The van der Waals surface area contributed by atoms with Crippen LogP contribution in [-0.4, -0.2) is 34.7 Å². The van der Waals surface area contributed by atoms with Gasteiger partial charge in [-0.1, -0.05) is 18.2 Å². The van der Waals surface area contributed by atoms with Gasteiger partial charge in [0.1, 0.15) is 0 Å². The first kappa shape index (κ1) is 18.2. The van der Waals surface area contributed by atoms with Gasteiger partial charge in [0.25, 0.3) is 5.91 Å². The topological polar surface area (TPSA) is 66.8 Å². The standard InChI is InChI=1S/C23H29NO4/c1-14-7-18-5-3-4-6-19(18)24(14)20(25)15(2)28-21(26)22-9-16-8-17(10-22)12-23(27,11-16)13-22/h3-6,14-17,27H,7-13H2,1-2H3. The van der Waals surface area contributed by atoms with E-state index in [2.05, 4.69) is 0 Å². The normalized spacial score (nSPS) is 39.0. The average molecular weight is 383 g/mol. The van der Waals surface area contributed by atoms with Gasteiger partial charge in [0.15, 0.2) is 6.10 Å². The van der Waals surface area contributed by atoms with E-state index in [0.29, 0.717) is 18.3 Å². The molecule has 4 atom stereocenters. The van der Waals surface area contributed by atoms with Crippen LogP contribution < -0.4 is 4.90 Å². The van der Waals surface area contributed by atoms with Gasteiger partial charge in [0.2, 0.25) is 0 Å². The molecule has 4 fully saturated rings. The summed E-state index contributed by atoms with van der Waals surface area (Å²) in [5.41, 5.74) is 0.776. The highest BCUT2D eigenvalue weighted by Gasteiger charge is 2.61. The summed E-state index contributed by atoms with van der Waals surface area (Å²) in [6.07, 6.45) is 4.85. The molecular weight excluding hydrogens is 354 g/mol. The van der Waals surface area contributed by atoms with Gasteiger partial charge in [-0.25, -0.2) is 0 Å². The summed E-state index contributed by atoms with van der Waals surface area (Å²) in [5, 5.41) is 10.9. The minimum atomic E-state index is -0.816. The number of amides is 1. The van der Waals surface area contributed by atoms with Crippen LogP contribution >= 0.6 is 0 Å². The van der Waals surface area contributed by atoms with Crippen molar-refractivity contribution in [3.8, 4) is 0 Å². The van der Waals surface area contributed by atoms with Crippen molar-refractivity contribution in [1.82, 2.24) is 0 Å². The SMILES string of the molecule is CC(OC(=O)C12CC3CC(CC(O)(C3)C1)C2)C(=O)N1c2ccccc2CC1C. The molecule has 1 aromatic carbocycles. The van der Waals surface area contributed by atoms with Crippen LogP contribution in [0.4, 0.5) is 5.69 Å². The first-order valence-corrected chi connectivity index (χ1v) is 10.6. The zero-order valence-corrected chi connectivity index (χ0v) is 16.7. The Bertz CT molecular complexity index is 820. The smallest absolute Gasteiger partial charge is 0.312 e. The van der Waals surface area contributed by atoms with Crippen molar-refractivity contribution in [2.45, 2.75) is 76.5 Å². The second-order valence-corrected chi connectivity index (χ2v) is 9.90. The van der Waals surface area contributed by atoms with Crippen LogP contribution in [0.2, 0.25) is 0 Å². The van der Waals surface area contributed by atoms with Gasteiger partial charge in [-0.05, 0) is 82.3 Å². The number of hydrogen-bond acceptors (Lipinski definition) is 4. The Morgan fingerprint density at radius 2 is 1.86 bits per heavy atom. The number of carbonyl (C=O) groups excluding carboxylic acids is 2. The number of para-hydroxylation sites is 1. The first-order chi connectivity index (χ1) is 13.3. The zero-order chi connectivity index (χ0) is 19.7. The maximum absolute atomic E-state index is 13.2. The first-order valence-electron chi connectivity index (χ1n) is 10.6. The minimum Gasteiger partial charge on any atom is -0.452 e. The van der Waals surface area contributed by atoms with E-state index in [1.54, 1.807) is 11.8 Å². The summed E-state index contributed by atoms with van der Waals surface area (Å²) >= 11 is 0. The van der Waals surface area contributed by atoms with Crippen molar-refractivity contribution < 1.29 is 19.4 Å². The Labute approximate surface area is 166 Å². The third kappa shape index (κ3) is 2.70. The molecule has 1 heterocycles. The number of esters is 1. The van der Waals surface area contributed by atoms with Crippen LogP contribution in [0.5, 0.6) is 0 Å². The average Bonchev–Trinajstić information content (AvgIpc) is 2.94. The molecule has 5 nitrogen and oxygen atoms in total. The second kappa shape index (κ2) is 6.06. The van der Waals surface area contributed by atoms with Gasteiger partial charge in [-0.15, -0.1) is 0 Å². The lowest BCUT2D eigenvalue weighted by Gasteiger charge is -2.58. The monoisotopic (exact) mass is 383 g/mol. The van der Waals surface area contributed by atoms with E-state index < -0.39 is 17.1 Å². The molecule has 4 aliphatic carbocycles. The van der Waals surface area contributed by atoms with Crippen molar-refractivity contribution in [2.75, 3.05) is 4.90 Å². The minimum absolute atomic E-state index is 0.0614. The summed E-state index contributed by atoms with van der Waals surface area (Å²) in [4.78, 5) is 28.1. The van der Waals surface area contributed by atoms with Crippen molar-refractivity contribution in [1.29, 1.82) is 0 Å². The molecule has 5 heteroatoms. The van der Waals surface area contributed by atoms with E-state index in [4.69, 9.17) is 4.74 Å². The molecule has 0 radical (unpaired) electrons. The zero-order valence-electron chi connectivity index (χ0n) is 16.7. The molecule has 0 saturated heterocycles. The number of aliphatic hydroxyl groups is 1. The van der Waals surface area contributed by atoms with Crippen molar-refractivity contribution in [3.63, 3.8) is 0 Å². The Morgan fingerprint density at radius 3 is 2.54 bits per heavy atom. The fraction of sp³-hybridized carbons (Fsp3) is 0.652. The van der Waals surface area contributed by atoms with E-state index in [9.17, 15) is 14.7 Å². The summed E-state index contributed by atoms with van der Waals surface area (Å²) in [6.45, 7) is 3.71. The summed E-state index contributed by atoms with van der Waals surface area (Å²) < 4.78 is 5.78. The third-order valence-corrected chi connectivity index (χ3v) is 7.54. The van der Waals surface area contributed by atoms with Crippen LogP contribution in [0.3, 0.4) is 0 Å². The van der Waals surface area contributed by atoms with E-state index in [1.807, 2.05) is 31.2 Å². The number of rotatable bonds is 3. The summed E-state index contributed by atoms with van der Waals surface area (Å²) in [5.74, 6) is 0.390. The van der Waals surface area contributed by atoms with Crippen LogP contribution in [0.1, 0.15) is 57.9 Å². The number of fused-ring (bicyclic) bond motifs is 1. The lowest BCUT2D eigenvalue weighted by molar-refractivity contribution is -0.199. The molecule has 1 aromatic rings. The Hall–Kier alpha value is -1.88. The van der Waals surface area contributed by atoms with Crippen LogP contribution in [0.25, 0.3) is 0 Å². The van der Waals surface area contributed by atoms with Crippen molar-refractivity contribution in [3.05, 3.63) is 29.8 Å². The van der Waals surface area contributed by atoms with Crippen molar-refractivity contribution in [2.24, 2.45) is 17.3 Å². The Kier molecular flexibility index (Phi) is 3.93. The molecule has 4 unspecified atom stereocenters. The summed E-state index contributed by atoms with van der Waals surface area (Å²) in [7, 11) is 0. The molecule has 0 spiro atoms. The van der Waals surface area contributed by atoms with E-state index in [-0.39, 0.29) is 17.9 Å². The molecule has 6 rings (SSSR count). The number of hydrogen-bond donors (Lipinski definition) is 1. The Morgan fingerprint density at radius 1 is 1.18 bits per heavy atom. The van der Waals surface area contributed by atoms with Gasteiger partial charge in [0, 0.05) is 11.7 Å². The lowest BCUT2D eigenvalue weighted by atomic mass is 9.48. The van der Waals surface area contributed by atoms with Gasteiger partial charge >= 0.3 is 5.97 Å². The van der Waals surface area contributed by atoms with Gasteiger partial charge in [-0.2, -0.15) is 0 Å². The fourth-order valence-corrected chi connectivity index (χ4v) is 6.89. The van der Waals surface area contributed by atoms with Crippen molar-refractivity contribution >= 4 is 17.6 Å². The van der Waals surface area contributed by atoms with Crippen LogP contribution in [0.15, 0.2) is 24.3 Å². The molecule has 1 aliphatic heterocycles. The molecule has 4 saturated carbocycles. The summed E-state index contributed by atoms with van der Waals surface area (Å²) in [6, 6.07) is 7.99. The lowest BCUT2D eigenvalue weighted by Crippen LogP contribution is -2.59. The largest absolute Gasteiger partial charge is 0.452 e. The van der Waals surface area contributed by atoms with Gasteiger partial charge < -0.3 is 14.7 Å². The molecule has 0 aromatic heterocycles. The van der Waals surface area contributed by atoms with Crippen LogP contribution in [-0.2, 0) is 20.7 Å². The number of nitrogens with zero attached hydrogens (tertiary/aromatic N) is 1. The second-order valence-electron chi connectivity index (χ2n) is 9.90. The molecule has 150 valence electrons. The third-order valence-electron chi connectivity index (χ3n) is 7.54. The van der Waals surface area contributed by atoms with Gasteiger partial charge in [-0.3, -0.25) is 9.59 Å². The highest BCUT2D eigenvalue weighted by Crippen LogP contribution is 2.62. The Balaban J connectivity index is 1.33. The predicted molar refractivity (Wildman–Crippen MR) is 105 cm³/mol. The molecule has 4 bridgehead atoms. The molecule has 1 amide bonds. The van der Waals surface area contributed by atoms with Gasteiger partial charge in [0.05, 0.1) is 11.0 Å². The maximum atomic E-state index is 13.2. The highest BCUT2D eigenvalue weighted by atomic mass is 16.5. The number of anilines is 1. The quantitative estimate of drug-likeness (QED) is 0.814. The van der Waals surface area contributed by atoms with E-state index in [0.717, 1.165) is 49.8 Å². The molecular formula is C23H29NO4. The number of carbonyl (C=O) groups is 2. The highest BCUT2D eigenvalue weighted by molar-refractivity contribution is 6.00. The molecule has 1 N–H and O–H groups in total. The fourth-order valence-electron chi connectivity index (χ4n) is 6.89. The van der Waals surface area contributed by atoms with E-state index >= 15 is 0 Å². The number of benzene rings is 1. The molecule has 28 heavy (non-hydrogen) atoms. The number of ether oxygens (including phenoxy) is 1.